The molecule has 2 saturated carbocycles. The molecule has 2 saturated heterocycles. The van der Waals surface area contributed by atoms with Gasteiger partial charge in [0.05, 0.1) is 18.1 Å². The number of carbonyl (C=O) groups excluding carboxylic acids is 9. The first-order valence-electron chi connectivity index (χ1n) is 25.3. The number of terminal acetylenes is 2. The van der Waals surface area contributed by atoms with E-state index in [1.807, 2.05) is 41.5 Å². The van der Waals surface area contributed by atoms with Crippen molar-refractivity contribution >= 4 is 77.4 Å². The van der Waals surface area contributed by atoms with Crippen molar-refractivity contribution in [2.45, 2.75) is 199 Å². The van der Waals surface area contributed by atoms with Crippen molar-refractivity contribution in [1.82, 2.24) is 15.1 Å². The SMILES string of the molecule is C.C.C#CCCC(CC(=O)[C@@H]1[C@@H]2C(CN1C(=O)[C@@H](N)C(C)(C)C)C2(C)C)C(=O)C(=O)CCC=C.C#CCCC(CC(=O)[C@@H]1[C@@H]2C(CN1C(=O)[C@@H](NC(=O)OC(C)(C)C)C(C)(C)C)C2(C)C)C(=O)C(=O)CCC=C.Cl.Cl. The van der Waals surface area contributed by atoms with Crippen LogP contribution in [0.15, 0.2) is 25.3 Å². The van der Waals surface area contributed by atoms with Crippen molar-refractivity contribution < 1.29 is 47.9 Å². The highest BCUT2D eigenvalue weighted by atomic mass is 35.5. The van der Waals surface area contributed by atoms with Crippen LogP contribution in [0.25, 0.3) is 0 Å². The number of hydrogen-bond donors (Lipinski definition) is 2. The van der Waals surface area contributed by atoms with Crippen LogP contribution < -0.4 is 11.1 Å². The Morgan fingerprint density at radius 1 is 0.667 bits per heavy atom. The quantitative estimate of drug-likeness (QED) is 0.0560. The van der Waals surface area contributed by atoms with Crippen LogP contribution in [0, 0.1) is 81.9 Å². The number of allylic oxidation sites excluding steroid dienone is 2. The maximum absolute atomic E-state index is 13.9. The number of nitrogens with zero attached hydrogens (tertiary/aromatic N) is 2. The van der Waals surface area contributed by atoms with Gasteiger partial charge in [0.2, 0.25) is 23.4 Å². The molecule has 4 fully saturated rings. The van der Waals surface area contributed by atoms with E-state index in [4.69, 9.17) is 23.3 Å². The molecule has 0 aromatic heterocycles. The van der Waals surface area contributed by atoms with Crippen LogP contribution in [-0.4, -0.2) is 105 Å². The first-order valence-corrected chi connectivity index (χ1v) is 25.3. The van der Waals surface area contributed by atoms with Crippen LogP contribution >= 0.6 is 24.8 Å². The minimum atomic E-state index is -0.928. The molecule has 0 radical (unpaired) electrons. The summed E-state index contributed by atoms with van der Waals surface area (Å²) in [4.78, 5) is 121. The number of alkyl carbamates (subject to hydrolysis) is 1. The van der Waals surface area contributed by atoms with Crippen molar-refractivity contribution in [3.8, 4) is 24.7 Å². The van der Waals surface area contributed by atoms with E-state index in [0.717, 1.165) is 0 Å². The third-order valence-corrected chi connectivity index (χ3v) is 15.2. The second-order valence-electron chi connectivity index (χ2n) is 24.5. The molecular formula is C59H94Cl2N4O10. The molecule has 2 aliphatic heterocycles. The highest BCUT2D eigenvalue weighted by molar-refractivity contribution is 6.38. The van der Waals surface area contributed by atoms with E-state index in [2.05, 4.69) is 58.0 Å². The first kappa shape index (κ1) is 72.4. The smallest absolute Gasteiger partial charge is 0.408 e. The fraction of sp³-hybridized carbons (Fsp3) is 0.712. The molecule has 4 unspecified atom stereocenters. The number of likely N-dealkylation sites (tertiary alicyclic amines) is 2. The summed E-state index contributed by atoms with van der Waals surface area (Å²) in [6, 6.07) is -3.01. The van der Waals surface area contributed by atoms with Crippen molar-refractivity contribution in [1.29, 1.82) is 0 Å². The third-order valence-electron chi connectivity index (χ3n) is 15.2. The van der Waals surface area contributed by atoms with Gasteiger partial charge >= 0.3 is 6.09 Å². The third kappa shape index (κ3) is 18.0. The number of ketones is 6. The zero-order valence-electron chi connectivity index (χ0n) is 45.9. The van der Waals surface area contributed by atoms with E-state index in [1.165, 1.54) is 0 Å². The molecule has 4 aliphatic rings. The zero-order valence-corrected chi connectivity index (χ0v) is 47.5. The molecule has 2 aliphatic carbocycles. The van der Waals surface area contributed by atoms with Crippen LogP contribution in [0.4, 0.5) is 4.79 Å². The molecule has 3 amide bonds. The maximum atomic E-state index is 13.9. The lowest BCUT2D eigenvalue weighted by atomic mass is 9.84. The fourth-order valence-corrected chi connectivity index (χ4v) is 10.6. The number of fused-ring (bicyclic) bond motifs is 2. The Morgan fingerprint density at radius 2 is 1.03 bits per heavy atom. The van der Waals surface area contributed by atoms with E-state index < -0.39 is 81.7 Å². The number of ether oxygens (including phenoxy) is 1. The number of amides is 3. The van der Waals surface area contributed by atoms with Gasteiger partial charge in [0.1, 0.15) is 11.6 Å². The van der Waals surface area contributed by atoms with Crippen molar-refractivity contribution in [3.63, 3.8) is 0 Å². The number of rotatable bonds is 23. The van der Waals surface area contributed by atoms with Crippen LogP contribution in [-0.2, 0) is 43.1 Å². The molecule has 10 atom stereocenters. The molecule has 0 bridgehead atoms. The Kier molecular flexibility index (Phi) is 27.7. The Labute approximate surface area is 463 Å². The number of piperidine rings is 2. The Bertz CT molecular complexity index is 2180. The molecule has 16 heteroatoms. The molecule has 0 aromatic rings. The van der Waals surface area contributed by atoms with Gasteiger partial charge in [-0.05, 0) is 91.8 Å². The summed E-state index contributed by atoms with van der Waals surface area (Å²) in [6.45, 7) is 32.9. The van der Waals surface area contributed by atoms with Gasteiger partial charge in [0, 0.05) is 63.5 Å². The van der Waals surface area contributed by atoms with Crippen LogP contribution in [0.1, 0.15) is 169 Å². The van der Waals surface area contributed by atoms with Gasteiger partial charge in [-0.2, -0.15) is 0 Å². The largest absolute Gasteiger partial charge is 0.444 e. The molecule has 14 nitrogen and oxygen atoms in total. The molecule has 4 rings (SSSR count). The van der Waals surface area contributed by atoms with E-state index in [0.29, 0.717) is 32.4 Å². The number of halogens is 2. The van der Waals surface area contributed by atoms with Gasteiger partial charge in [0.15, 0.2) is 23.1 Å². The summed E-state index contributed by atoms with van der Waals surface area (Å²) >= 11 is 0. The predicted molar refractivity (Wildman–Crippen MR) is 302 cm³/mol. The lowest BCUT2D eigenvalue weighted by molar-refractivity contribution is -0.145. The second kappa shape index (κ2) is 28.7. The Hall–Kier alpha value is -4.63. The molecule has 2 heterocycles. The monoisotopic (exact) mass is 1090 g/mol. The summed E-state index contributed by atoms with van der Waals surface area (Å²) in [5, 5.41) is 2.73. The molecular weight excluding hydrogens is 996 g/mol. The van der Waals surface area contributed by atoms with Gasteiger partial charge in [-0.25, -0.2) is 4.79 Å². The Balaban J connectivity index is 0. The number of nitrogens with one attached hydrogen (secondary N) is 1. The van der Waals surface area contributed by atoms with Crippen LogP contribution in [0.3, 0.4) is 0 Å². The summed E-state index contributed by atoms with van der Waals surface area (Å²) < 4.78 is 5.40. The summed E-state index contributed by atoms with van der Waals surface area (Å²) in [7, 11) is 0. The van der Waals surface area contributed by atoms with E-state index in [-0.39, 0.29) is 142 Å². The van der Waals surface area contributed by atoms with Gasteiger partial charge < -0.3 is 25.6 Å². The summed E-state index contributed by atoms with van der Waals surface area (Å²) in [6.07, 6.45) is 15.0. The van der Waals surface area contributed by atoms with Crippen LogP contribution in [0.2, 0.25) is 0 Å². The standard InChI is InChI=1S/C31H46N2O6.C26H38N2O4.2CH4.2ClH/c1-11-13-15-19(25(36)21(34)16-14-12-2)17-22(35)24-23-20(31(23,9)10)18-33(24)27(37)26(29(3,4)5)32-28(38)39-30(6,7)8;1-8-10-12-16(22(31)18(29)13-11-9-2)14-19(30)21-20-17(26(20,6)7)15-28(21)24(32)23(27)25(3,4)5;;;;/h1,12,19-20,23-24,26H,2,13-18H2,3-10H3,(H,32,38);1,9,16-17,20-21,23H,2,10-15,27H2,3-7H3;2*1H4;2*1H/t19?,20?,23-,24+,26+;16?,17?,20-,21+,23+;;;;/m00..../s1. The molecule has 0 aromatic carbocycles. The average Bonchev–Trinajstić information content (AvgIpc) is 3.72. The maximum Gasteiger partial charge on any atom is 0.408 e. The fourth-order valence-electron chi connectivity index (χ4n) is 10.6. The van der Waals surface area contributed by atoms with Gasteiger partial charge in [-0.15, -0.1) is 62.7 Å². The summed E-state index contributed by atoms with van der Waals surface area (Å²) in [5.74, 6) is 0.551. The van der Waals surface area contributed by atoms with Crippen molar-refractivity contribution in [2.24, 2.45) is 62.9 Å². The molecule has 75 heavy (non-hydrogen) atoms. The number of nitrogens with two attached hydrogens (primary N) is 1. The van der Waals surface area contributed by atoms with Gasteiger partial charge in [0.25, 0.3) is 0 Å². The molecule has 424 valence electrons. The van der Waals surface area contributed by atoms with E-state index in [1.54, 1.807) is 42.7 Å². The zero-order chi connectivity index (χ0) is 54.4. The second-order valence-corrected chi connectivity index (χ2v) is 24.5. The van der Waals surface area contributed by atoms with E-state index >= 15 is 0 Å². The number of Topliss-reactive ketones (excluding diaryl/α,β-unsaturated/α-hetero) is 6. The average molecular weight is 1090 g/mol. The lowest BCUT2D eigenvalue weighted by Gasteiger charge is -2.38. The van der Waals surface area contributed by atoms with Crippen molar-refractivity contribution in [2.75, 3.05) is 13.1 Å². The molecule has 0 spiro atoms. The summed E-state index contributed by atoms with van der Waals surface area (Å²) in [5.41, 5.74) is 4.23. The minimum Gasteiger partial charge on any atom is -0.444 e. The lowest BCUT2D eigenvalue weighted by Crippen LogP contribution is -2.58. The number of hydrogen-bond acceptors (Lipinski definition) is 11. The predicted octanol–water partition coefficient (Wildman–Crippen LogP) is 9.55. The number of carbonyl (C=O) groups is 9. The highest BCUT2D eigenvalue weighted by Crippen LogP contribution is 2.66. The van der Waals surface area contributed by atoms with Gasteiger partial charge in [-0.3, -0.25) is 38.4 Å². The van der Waals surface area contributed by atoms with E-state index in [9.17, 15) is 43.2 Å². The minimum absolute atomic E-state index is 0. The van der Waals surface area contributed by atoms with Crippen molar-refractivity contribution in [3.05, 3.63) is 25.3 Å². The normalized spacial score (nSPS) is 22.8. The Morgan fingerprint density at radius 3 is 1.33 bits per heavy atom. The highest BCUT2D eigenvalue weighted by Gasteiger charge is 2.70. The molecule has 3 N–H and O–H groups in total. The van der Waals surface area contributed by atoms with Gasteiger partial charge in [-0.1, -0.05) is 96.2 Å². The first-order chi connectivity index (χ1) is 32.6. The van der Waals surface area contributed by atoms with Crippen LogP contribution in [0.5, 0.6) is 0 Å². The topological polar surface area (TPSA) is 207 Å².